The summed E-state index contributed by atoms with van der Waals surface area (Å²) in [7, 11) is 0. The van der Waals surface area contributed by atoms with E-state index in [1.54, 1.807) is 30.3 Å². The standard InChI is InChI=1S/C25H21Cl2NO4/c1-16-6-2-5-9-23(16)32-13-12-28-21-8-4-3-7-19(21)25(31,24(28)30)15-22(29)18-11-10-17(26)14-20(18)27/h2-11,14,31H,12-13,15H2,1H3. The number of para-hydroxylation sites is 2. The van der Waals surface area contributed by atoms with E-state index in [2.05, 4.69) is 0 Å². The van der Waals surface area contributed by atoms with Gasteiger partial charge in [-0.2, -0.15) is 0 Å². The summed E-state index contributed by atoms with van der Waals surface area (Å²) in [5, 5.41) is 12.0. The van der Waals surface area contributed by atoms with E-state index < -0.39 is 23.7 Å². The van der Waals surface area contributed by atoms with E-state index in [0.717, 1.165) is 11.3 Å². The average molecular weight is 470 g/mol. The monoisotopic (exact) mass is 469 g/mol. The largest absolute Gasteiger partial charge is 0.491 e. The van der Waals surface area contributed by atoms with Crippen molar-refractivity contribution >= 4 is 40.6 Å². The van der Waals surface area contributed by atoms with Crippen molar-refractivity contribution in [3.8, 4) is 5.75 Å². The summed E-state index contributed by atoms with van der Waals surface area (Å²) in [6.07, 6.45) is -0.431. The molecule has 3 aromatic rings. The van der Waals surface area contributed by atoms with E-state index in [-0.39, 0.29) is 23.7 Å². The summed E-state index contributed by atoms with van der Waals surface area (Å²) in [6, 6.07) is 19.0. The summed E-state index contributed by atoms with van der Waals surface area (Å²) < 4.78 is 5.84. The zero-order chi connectivity index (χ0) is 22.9. The Morgan fingerprint density at radius 2 is 1.78 bits per heavy atom. The van der Waals surface area contributed by atoms with E-state index in [1.807, 2.05) is 31.2 Å². The molecule has 32 heavy (non-hydrogen) atoms. The lowest BCUT2D eigenvalue weighted by atomic mass is 9.88. The number of nitrogens with zero attached hydrogens (tertiary/aromatic N) is 1. The number of carbonyl (C=O) groups is 2. The first-order valence-corrected chi connectivity index (χ1v) is 10.9. The van der Waals surface area contributed by atoms with Crippen molar-refractivity contribution in [2.24, 2.45) is 0 Å². The van der Waals surface area contributed by atoms with E-state index in [4.69, 9.17) is 27.9 Å². The molecule has 5 nitrogen and oxygen atoms in total. The Labute approximate surface area is 196 Å². The van der Waals surface area contributed by atoms with Crippen LogP contribution in [0.15, 0.2) is 66.7 Å². The maximum atomic E-state index is 13.3. The van der Waals surface area contributed by atoms with Crippen LogP contribution in [-0.4, -0.2) is 29.9 Å². The van der Waals surface area contributed by atoms with Crippen LogP contribution in [0, 0.1) is 6.92 Å². The van der Waals surface area contributed by atoms with Gasteiger partial charge in [0.15, 0.2) is 11.4 Å². The lowest BCUT2D eigenvalue weighted by molar-refractivity contribution is -0.135. The zero-order valence-electron chi connectivity index (χ0n) is 17.3. The van der Waals surface area contributed by atoms with Crippen molar-refractivity contribution in [2.45, 2.75) is 18.9 Å². The molecule has 1 unspecified atom stereocenters. The van der Waals surface area contributed by atoms with Gasteiger partial charge >= 0.3 is 0 Å². The SMILES string of the molecule is Cc1ccccc1OCCN1C(=O)C(O)(CC(=O)c2ccc(Cl)cc2Cl)c2ccccc21. The van der Waals surface area contributed by atoms with Crippen molar-refractivity contribution in [3.05, 3.63) is 93.5 Å². The number of hydrogen-bond donors (Lipinski definition) is 1. The van der Waals surface area contributed by atoms with Gasteiger partial charge in [-0.3, -0.25) is 9.59 Å². The van der Waals surface area contributed by atoms with Gasteiger partial charge in [-0.05, 0) is 42.8 Å². The van der Waals surface area contributed by atoms with E-state index in [9.17, 15) is 14.7 Å². The topological polar surface area (TPSA) is 66.8 Å². The number of anilines is 1. The Kier molecular flexibility index (Phi) is 6.24. The maximum absolute atomic E-state index is 13.3. The molecule has 1 aliphatic heterocycles. The molecule has 4 rings (SSSR count). The van der Waals surface area contributed by atoms with Crippen LogP contribution in [0.1, 0.15) is 27.9 Å². The van der Waals surface area contributed by atoms with Gasteiger partial charge in [-0.1, -0.05) is 59.6 Å². The van der Waals surface area contributed by atoms with Gasteiger partial charge < -0.3 is 14.7 Å². The molecule has 0 aromatic heterocycles. The van der Waals surface area contributed by atoms with Crippen LogP contribution in [-0.2, 0) is 10.4 Å². The lowest BCUT2D eigenvalue weighted by Gasteiger charge is -2.23. The molecule has 0 fully saturated rings. The number of aryl methyl sites for hydroxylation is 1. The summed E-state index contributed by atoms with van der Waals surface area (Å²) in [5.74, 6) is -0.281. The number of ether oxygens (including phenoxy) is 1. The highest BCUT2D eigenvalue weighted by Gasteiger charge is 2.50. The summed E-state index contributed by atoms with van der Waals surface area (Å²) >= 11 is 12.1. The summed E-state index contributed by atoms with van der Waals surface area (Å²) in [4.78, 5) is 27.7. The Morgan fingerprint density at radius 3 is 2.53 bits per heavy atom. The van der Waals surface area contributed by atoms with Crippen LogP contribution in [0.3, 0.4) is 0 Å². The molecule has 0 saturated heterocycles. The second-order valence-electron chi connectivity index (χ2n) is 7.67. The number of aliphatic hydroxyl groups is 1. The van der Waals surface area contributed by atoms with Gasteiger partial charge in [0, 0.05) is 16.1 Å². The predicted molar refractivity (Wildman–Crippen MR) is 125 cm³/mol. The average Bonchev–Trinajstić information content (AvgIpc) is 2.97. The summed E-state index contributed by atoms with van der Waals surface area (Å²) in [5.41, 5.74) is 0.153. The smallest absolute Gasteiger partial charge is 0.264 e. The van der Waals surface area contributed by atoms with Gasteiger partial charge in [0.05, 0.1) is 23.7 Å². The predicted octanol–water partition coefficient (Wildman–Crippen LogP) is 5.19. The fraction of sp³-hybridized carbons (Fsp3) is 0.200. The van der Waals surface area contributed by atoms with Crippen molar-refractivity contribution in [1.29, 1.82) is 0 Å². The van der Waals surface area contributed by atoms with Crippen molar-refractivity contribution < 1.29 is 19.4 Å². The quantitative estimate of drug-likeness (QED) is 0.483. The van der Waals surface area contributed by atoms with Crippen LogP contribution in [0.5, 0.6) is 5.75 Å². The van der Waals surface area contributed by atoms with Crippen LogP contribution in [0.25, 0.3) is 0 Å². The number of ketones is 1. The number of Topliss-reactive ketones (excluding diaryl/α,β-unsaturated/α-hetero) is 1. The number of rotatable bonds is 7. The molecule has 1 atom stereocenters. The van der Waals surface area contributed by atoms with E-state index in [0.29, 0.717) is 16.3 Å². The molecular formula is C25H21Cl2NO4. The van der Waals surface area contributed by atoms with Crippen molar-refractivity contribution in [2.75, 3.05) is 18.1 Å². The second kappa shape index (κ2) is 8.94. The van der Waals surface area contributed by atoms with Crippen molar-refractivity contribution in [1.82, 2.24) is 0 Å². The molecule has 7 heteroatoms. The van der Waals surface area contributed by atoms with Gasteiger partial charge in [0.25, 0.3) is 5.91 Å². The lowest BCUT2D eigenvalue weighted by Crippen LogP contribution is -2.43. The van der Waals surface area contributed by atoms with E-state index >= 15 is 0 Å². The van der Waals surface area contributed by atoms with Crippen molar-refractivity contribution in [3.63, 3.8) is 0 Å². The minimum absolute atomic E-state index is 0.174. The minimum Gasteiger partial charge on any atom is -0.491 e. The Hall–Kier alpha value is -2.86. The molecule has 164 valence electrons. The normalized spacial score (nSPS) is 17.4. The highest BCUT2D eigenvalue weighted by molar-refractivity contribution is 6.37. The molecule has 0 spiro atoms. The third-order valence-electron chi connectivity index (χ3n) is 5.55. The van der Waals surface area contributed by atoms with Crippen LogP contribution in [0.4, 0.5) is 5.69 Å². The molecule has 1 aliphatic rings. The Balaban J connectivity index is 1.56. The Bertz CT molecular complexity index is 1200. The van der Waals surface area contributed by atoms with Gasteiger partial charge in [0.2, 0.25) is 0 Å². The molecule has 1 N–H and O–H groups in total. The molecule has 3 aromatic carbocycles. The number of carbonyl (C=O) groups excluding carboxylic acids is 2. The number of fused-ring (bicyclic) bond motifs is 1. The maximum Gasteiger partial charge on any atom is 0.264 e. The second-order valence-corrected chi connectivity index (χ2v) is 8.52. The number of hydrogen-bond acceptors (Lipinski definition) is 4. The van der Waals surface area contributed by atoms with E-state index in [1.165, 1.54) is 17.0 Å². The molecule has 0 saturated carbocycles. The molecule has 1 heterocycles. The first-order chi connectivity index (χ1) is 15.3. The fourth-order valence-electron chi connectivity index (χ4n) is 3.91. The number of halogens is 2. The van der Waals surface area contributed by atoms with Gasteiger partial charge in [-0.15, -0.1) is 0 Å². The minimum atomic E-state index is -1.99. The highest BCUT2D eigenvalue weighted by Crippen LogP contribution is 2.43. The third-order valence-corrected chi connectivity index (χ3v) is 6.10. The molecule has 0 aliphatic carbocycles. The van der Waals surface area contributed by atoms with Crippen LogP contribution in [0.2, 0.25) is 10.0 Å². The van der Waals surface area contributed by atoms with Crippen LogP contribution < -0.4 is 9.64 Å². The molecular weight excluding hydrogens is 449 g/mol. The number of benzene rings is 3. The Morgan fingerprint density at radius 1 is 1.06 bits per heavy atom. The first-order valence-electron chi connectivity index (χ1n) is 10.1. The third kappa shape index (κ3) is 4.11. The van der Waals surface area contributed by atoms with Gasteiger partial charge in [-0.25, -0.2) is 0 Å². The number of amides is 1. The highest BCUT2D eigenvalue weighted by atomic mass is 35.5. The first kappa shape index (κ1) is 22.3. The molecule has 0 bridgehead atoms. The van der Waals surface area contributed by atoms with Gasteiger partial charge in [0.1, 0.15) is 12.4 Å². The molecule has 0 radical (unpaired) electrons. The fourth-order valence-corrected chi connectivity index (χ4v) is 4.42. The zero-order valence-corrected chi connectivity index (χ0v) is 18.9. The van der Waals surface area contributed by atoms with Crippen LogP contribution >= 0.6 is 23.2 Å². The summed E-state index contributed by atoms with van der Waals surface area (Å²) in [6.45, 7) is 2.40. The molecule has 1 amide bonds.